The van der Waals surface area contributed by atoms with Gasteiger partial charge in [-0.2, -0.15) is 0 Å². The molecule has 2 N–H and O–H groups in total. The lowest BCUT2D eigenvalue weighted by molar-refractivity contribution is 0.116. The summed E-state index contributed by atoms with van der Waals surface area (Å²) in [6.07, 6.45) is 0.658. The van der Waals surface area contributed by atoms with Crippen molar-refractivity contribution in [1.82, 2.24) is 4.90 Å². The van der Waals surface area contributed by atoms with E-state index in [4.69, 9.17) is 5.73 Å². The summed E-state index contributed by atoms with van der Waals surface area (Å²) < 4.78 is 23.5. The standard InChI is InChI=1S/C12H20N2O2S2/c1-2-14(8-11-4-3-6-17-11)12(9-13)5-7-18(15,16)10-12/h3-4,6H,2,5,7-10,13H2,1H3. The molecule has 6 heteroatoms. The molecule has 0 spiro atoms. The fourth-order valence-corrected chi connectivity index (χ4v) is 5.46. The lowest BCUT2D eigenvalue weighted by atomic mass is 9.96. The van der Waals surface area contributed by atoms with Gasteiger partial charge in [-0.05, 0) is 24.4 Å². The Morgan fingerprint density at radius 3 is 2.78 bits per heavy atom. The van der Waals surface area contributed by atoms with Gasteiger partial charge in [0.05, 0.1) is 11.5 Å². The molecule has 0 amide bonds. The molecule has 0 radical (unpaired) electrons. The molecule has 0 aromatic carbocycles. The molecule has 0 bridgehead atoms. The Morgan fingerprint density at radius 1 is 1.56 bits per heavy atom. The first kappa shape index (κ1) is 14.0. The Hall–Kier alpha value is -0.430. The van der Waals surface area contributed by atoms with Gasteiger partial charge < -0.3 is 5.73 Å². The van der Waals surface area contributed by atoms with Crippen molar-refractivity contribution >= 4 is 21.2 Å². The second kappa shape index (κ2) is 5.28. The van der Waals surface area contributed by atoms with Crippen LogP contribution in [0.25, 0.3) is 0 Å². The smallest absolute Gasteiger partial charge is 0.152 e. The van der Waals surface area contributed by atoms with Gasteiger partial charge in [-0.25, -0.2) is 8.42 Å². The SMILES string of the molecule is CCN(Cc1cccs1)C1(CN)CCS(=O)(=O)C1. The van der Waals surface area contributed by atoms with E-state index in [9.17, 15) is 8.42 Å². The third-order valence-electron chi connectivity index (χ3n) is 3.73. The first-order chi connectivity index (χ1) is 8.51. The Kier molecular flexibility index (Phi) is 4.11. The van der Waals surface area contributed by atoms with Gasteiger partial charge in [0, 0.05) is 23.5 Å². The lowest BCUT2D eigenvalue weighted by Gasteiger charge is -2.38. The van der Waals surface area contributed by atoms with E-state index in [-0.39, 0.29) is 17.0 Å². The van der Waals surface area contributed by atoms with Crippen LogP contribution < -0.4 is 5.73 Å². The number of likely N-dealkylation sites (N-methyl/N-ethyl adjacent to an activating group) is 1. The van der Waals surface area contributed by atoms with Gasteiger partial charge in [0.1, 0.15) is 0 Å². The van der Waals surface area contributed by atoms with E-state index in [2.05, 4.69) is 17.9 Å². The predicted molar refractivity (Wildman–Crippen MR) is 75.5 cm³/mol. The molecule has 0 saturated carbocycles. The highest BCUT2D eigenvalue weighted by molar-refractivity contribution is 7.91. The van der Waals surface area contributed by atoms with Crippen molar-refractivity contribution in [3.05, 3.63) is 22.4 Å². The molecule has 1 saturated heterocycles. The van der Waals surface area contributed by atoms with Crippen LogP contribution in [0.4, 0.5) is 0 Å². The van der Waals surface area contributed by atoms with Gasteiger partial charge in [-0.15, -0.1) is 11.3 Å². The van der Waals surface area contributed by atoms with Crippen LogP contribution in [0.5, 0.6) is 0 Å². The Labute approximate surface area is 113 Å². The minimum atomic E-state index is -2.92. The van der Waals surface area contributed by atoms with E-state index in [0.717, 1.165) is 13.1 Å². The van der Waals surface area contributed by atoms with Crippen LogP contribution in [0.3, 0.4) is 0 Å². The molecule has 1 aromatic heterocycles. The number of sulfone groups is 1. The van der Waals surface area contributed by atoms with Gasteiger partial charge in [0.2, 0.25) is 0 Å². The molecule has 1 fully saturated rings. The third kappa shape index (κ3) is 2.77. The predicted octanol–water partition coefficient (Wildman–Crippen LogP) is 1.09. The zero-order valence-electron chi connectivity index (χ0n) is 10.6. The maximum absolute atomic E-state index is 11.7. The zero-order valence-corrected chi connectivity index (χ0v) is 12.3. The molecule has 1 aromatic rings. The number of hydrogen-bond acceptors (Lipinski definition) is 5. The highest BCUT2D eigenvalue weighted by Gasteiger charge is 2.45. The number of thiophene rings is 1. The average Bonchev–Trinajstić information content (AvgIpc) is 2.94. The molecule has 1 unspecified atom stereocenters. The summed E-state index contributed by atoms with van der Waals surface area (Å²) in [5.74, 6) is 0.473. The van der Waals surface area contributed by atoms with Gasteiger partial charge in [-0.1, -0.05) is 13.0 Å². The fourth-order valence-electron chi connectivity index (χ4n) is 2.64. The van der Waals surface area contributed by atoms with Gasteiger partial charge in [-0.3, -0.25) is 4.90 Å². The summed E-state index contributed by atoms with van der Waals surface area (Å²) in [6, 6.07) is 4.11. The highest BCUT2D eigenvalue weighted by Crippen LogP contribution is 2.30. The van der Waals surface area contributed by atoms with E-state index in [1.54, 1.807) is 11.3 Å². The van der Waals surface area contributed by atoms with E-state index >= 15 is 0 Å². The van der Waals surface area contributed by atoms with Crippen LogP contribution in [0.15, 0.2) is 17.5 Å². The summed E-state index contributed by atoms with van der Waals surface area (Å²) in [6.45, 7) is 4.09. The molecule has 4 nitrogen and oxygen atoms in total. The topological polar surface area (TPSA) is 63.4 Å². The zero-order chi connectivity index (χ0) is 13.2. The van der Waals surface area contributed by atoms with Crippen LogP contribution in [0.1, 0.15) is 18.2 Å². The van der Waals surface area contributed by atoms with Gasteiger partial charge in [0.25, 0.3) is 0 Å². The maximum Gasteiger partial charge on any atom is 0.152 e. The van der Waals surface area contributed by atoms with Gasteiger partial charge in [0.15, 0.2) is 9.84 Å². The Balaban J connectivity index is 2.19. The minimum absolute atomic E-state index is 0.204. The van der Waals surface area contributed by atoms with Crippen LogP contribution in [-0.2, 0) is 16.4 Å². The summed E-state index contributed by atoms with van der Waals surface area (Å²) in [5, 5.41) is 2.05. The van der Waals surface area contributed by atoms with Crippen molar-refractivity contribution < 1.29 is 8.42 Å². The second-order valence-corrected chi connectivity index (χ2v) is 8.08. The molecule has 18 heavy (non-hydrogen) atoms. The monoisotopic (exact) mass is 288 g/mol. The quantitative estimate of drug-likeness (QED) is 0.881. The maximum atomic E-state index is 11.7. The van der Waals surface area contributed by atoms with E-state index < -0.39 is 9.84 Å². The van der Waals surface area contributed by atoms with E-state index in [0.29, 0.717) is 13.0 Å². The minimum Gasteiger partial charge on any atom is -0.329 e. The Bertz CT molecular complexity index is 484. The van der Waals surface area contributed by atoms with Crippen molar-refractivity contribution in [3.63, 3.8) is 0 Å². The first-order valence-electron chi connectivity index (χ1n) is 6.19. The summed E-state index contributed by atoms with van der Waals surface area (Å²) in [5.41, 5.74) is 5.53. The molecule has 1 aliphatic rings. The van der Waals surface area contributed by atoms with Crippen molar-refractivity contribution in [3.8, 4) is 0 Å². The van der Waals surface area contributed by atoms with Crippen molar-refractivity contribution in [2.75, 3.05) is 24.6 Å². The molecule has 2 rings (SSSR count). The normalized spacial score (nSPS) is 26.8. The molecule has 1 aliphatic heterocycles. The summed E-state index contributed by atoms with van der Waals surface area (Å²) >= 11 is 1.70. The molecular formula is C12H20N2O2S2. The highest BCUT2D eigenvalue weighted by atomic mass is 32.2. The van der Waals surface area contributed by atoms with Crippen LogP contribution >= 0.6 is 11.3 Å². The van der Waals surface area contributed by atoms with E-state index in [1.807, 2.05) is 11.4 Å². The average molecular weight is 288 g/mol. The van der Waals surface area contributed by atoms with Crippen molar-refractivity contribution in [2.45, 2.75) is 25.4 Å². The van der Waals surface area contributed by atoms with Gasteiger partial charge >= 0.3 is 0 Å². The molecular weight excluding hydrogens is 268 g/mol. The molecule has 1 atom stereocenters. The van der Waals surface area contributed by atoms with Crippen molar-refractivity contribution in [2.24, 2.45) is 5.73 Å². The van der Waals surface area contributed by atoms with Crippen LogP contribution in [0, 0.1) is 0 Å². The number of nitrogens with two attached hydrogens (primary N) is 1. The second-order valence-electron chi connectivity index (χ2n) is 4.86. The first-order valence-corrected chi connectivity index (χ1v) is 8.89. The molecule has 102 valence electrons. The van der Waals surface area contributed by atoms with Crippen LogP contribution in [0.2, 0.25) is 0 Å². The van der Waals surface area contributed by atoms with Crippen molar-refractivity contribution in [1.29, 1.82) is 0 Å². The summed E-state index contributed by atoms with van der Waals surface area (Å²) in [7, 11) is -2.92. The lowest BCUT2D eigenvalue weighted by Crippen LogP contribution is -2.54. The van der Waals surface area contributed by atoms with E-state index in [1.165, 1.54) is 4.88 Å². The number of hydrogen-bond donors (Lipinski definition) is 1. The molecule has 2 heterocycles. The number of rotatable bonds is 5. The largest absolute Gasteiger partial charge is 0.329 e. The fraction of sp³-hybridized carbons (Fsp3) is 0.667. The number of nitrogens with zero attached hydrogens (tertiary/aromatic N) is 1. The summed E-state index contributed by atoms with van der Waals surface area (Å²) in [4.78, 5) is 3.48. The Morgan fingerprint density at radius 2 is 2.33 bits per heavy atom. The molecule has 0 aliphatic carbocycles. The third-order valence-corrected chi connectivity index (χ3v) is 6.39. The van der Waals surface area contributed by atoms with Crippen LogP contribution in [-0.4, -0.2) is 43.5 Å².